The molecule has 104 valence electrons. The summed E-state index contributed by atoms with van der Waals surface area (Å²) in [6.07, 6.45) is 6.14. The van der Waals surface area contributed by atoms with Gasteiger partial charge < -0.3 is 5.11 Å². The van der Waals surface area contributed by atoms with Crippen LogP contribution in [-0.4, -0.2) is 5.11 Å². The fourth-order valence-electron chi connectivity index (χ4n) is 2.49. The molecule has 0 radical (unpaired) electrons. The van der Waals surface area contributed by atoms with Crippen molar-refractivity contribution in [1.82, 2.24) is 0 Å². The first-order valence-electron chi connectivity index (χ1n) is 6.96. The zero-order valence-corrected chi connectivity index (χ0v) is 12.8. The van der Waals surface area contributed by atoms with Crippen molar-refractivity contribution >= 4 is 18.5 Å². The predicted molar refractivity (Wildman–Crippen MR) is 91.6 cm³/mol. The van der Waals surface area contributed by atoms with Gasteiger partial charge >= 0.3 is 0 Å². The zero-order chi connectivity index (χ0) is 14.7. The molecule has 1 nitrogen and oxygen atoms in total. The van der Waals surface area contributed by atoms with Crippen molar-refractivity contribution < 1.29 is 5.11 Å². The molecule has 0 aromatic heterocycles. The summed E-state index contributed by atoms with van der Waals surface area (Å²) in [6.45, 7) is 1.75. The molecule has 3 rings (SSSR count). The molecular weight excluding hydrogens is 275 g/mol. The summed E-state index contributed by atoms with van der Waals surface area (Å²) in [6, 6.07) is 21.1. The highest BCUT2D eigenvalue weighted by atomic mass is 31.1. The maximum absolute atomic E-state index is 9.96. The van der Waals surface area contributed by atoms with Gasteiger partial charge in [-0.05, 0) is 30.8 Å². The third kappa shape index (κ3) is 2.84. The molecule has 1 aliphatic carbocycles. The highest BCUT2D eigenvalue weighted by molar-refractivity contribution is 7.77. The first-order chi connectivity index (χ1) is 10.3. The summed E-state index contributed by atoms with van der Waals surface area (Å²) >= 11 is 0. The molecule has 0 unspecified atom stereocenters. The van der Waals surface area contributed by atoms with Crippen molar-refractivity contribution in [2.75, 3.05) is 0 Å². The van der Waals surface area contributed by atoms with Crippen LogP contribution in [0.25, 0.3) is 0 Å². The van der Waals surface area contributed by atoms with Crippen molar-refractivity contribution in [3.8, 4) is 0 Å². The van der Waals surface area contributed by atoms with E-state index in [4.69, 9.17) is 0 Å². The molecule has 2 aromatic rings. The number of aliphatic hydroxyl groups excluding tert-OH is 1. The molecule has 0 amide bonds. The summed E-state index contributed by atoms with van der Waals surface area (Å²) in [7, 11) is -0.643. The average molecular weight is 292 g/mol. The summed E-state index contributed by atoms with van der Waals surface area (Å²) in [5, 5.41) is 13.8. The maximum atomic E-state index is 9.96. The Balaban J connectivity index is 2.13. The molecule has 0 spiro atoms. The van der Waals surface area contributed by atoms with E-state index in [0.717, 1.165) is 5.57 Å². The van der Waals surface area contributed by atoms with Crippen molar-refractivity contribution in [2.45, 2.75) is 6.92 Å². The Morgan fingerprint density at radius 2 is 1.38 bits per heavy atom. The first-order valence-corrected chi connectivity index (χ1v) is 8.30. The second-order valence-corrected chi connectivity index (χ2v) is 7.10. The number of hydrogen-bond acceptors (Lipinski definition) is 1. The minimum absolute atomic E-state index is 0.384. The first kappa shape index (κ1) is 13.9. The monoisotopic (exact) mass is 292 g/mol. The van der Waals surface area contributed by atoms with Crippen LogP contribution in [0.15, 0.2) is 95.5 Å². The lowest BCUT2D eigenvalue weighted by Gasteiger charge is -2.21. The van der Waals surface area contributed by atoms with Crippen LogP contribution in [0.5, 0.6) is 0 Å². The second kappa shape index (κ2) is 6.11. The lowest BCUT2D eigenvalue weighted by atomic mass is 10.2. The molecule has 0 atom stereocenters. The fourth-order valence-corrected chi connectivity index (χ4v) is 5.00. The number of aliphatic hydroxyl groups is 1. The molecule has 1 N–H and O–H groups in total. The van der Waals surface area contributed by atoms with E-state index in [1.165, 1.54) is 15.9 Å². The Labute approximate surface area is 126 Å². The standard InChI is InChI=1S/C19H17OP/c1-15(20)18-13-8-14-19(18)21(16-9-4-2-5-10-16)17-11-6-3-7-12-17/h2-14,20H,1H3/b18-15+. The molecule has 21 heavy (non-hydrogen) atoms. The Bertz CT molecular complexity index is 668. The average Bonchev–Trinajstić information content (AvgIpc) is 2.99. The topological polar surface area (TPSA) is 20.2 Å². The highest BCUT2D eigenvalue weighted by Gasteiger charge is 2.23. The van der Waals surface area contributed by atoms with E-state index in [-0.39, 0.29) is 0 Å². The van der Waals surface area contributed by atoms with E-state index < -0.39 is 7.92 Å². The normalized spacial score (nSPS) is 16.2. The zero-order valence-electron chi connectivity index (χ0n) is 11.9. The third-order valence-corrected chi connectivity index (χ3v) is 5.95. The number of hydrogen-bond donors (Lipinski definition) is 1. The molecular formula is C19H17OP. The highest BCUT2D eigenvalue weighted by Crippen LogP contribution is 2.49. The summed E-state index contributed by atoms with van der Waals surface area (Å²) in [4.78, 5) is 0. The van der Waals surface area contributed by atoms with Crippen molar-refractivity contribution in [2.24, 2.45) is 0 Å². The smallest absolute Gasteiger partial charge is 0.0970 e. The molecule has 0 saturated carbocycles. The summed E-state index contributed by atoms with van der Waals surface area (Å²) in [5.41, 5.74) is 0.953. The molecule has 0 aliphatic heterocycles. The number of benzene rings is 2. The molecule has 0 bridgehead atoms. The molecule has 0 fully saturated rings. The molecule has 0 heterocycles. The van der Waals surface area contributed by atoms with Crippen molar-refractivity contribution in [3.05, 3.63) is 95.5 Å². The fraction of sp³-hybridized carbons (Fsp3) is 0.0526. The van der Waals surface area contributed by atoms with Gasteiger partial charge in [0.25, 0.3) is 0 Å². The van der Waals surface area contributed by atoms with Crippen LogP contribution in [0.4, 0.5) is 0 Å². The van der Waals surface area contributed by atoms with Gasteiger partial charge in [0.1, 0.15) is 0 Å². The van der Waals surface area contributed by atoms with Crippen LogP contribution in [-0.2, 0) is 0 Å². The van der Waals surface area contributed by atoms with Gasteiger partial charge in [-0.3, -0.25) is 0 Å². The van der Waals surface area contributed by atoms with Crippen molar-refractivity contribution in [1.29, 1.82) is 0 Å². The minimum Gasteiger partial charge on any atom is -0.512 e. The van der Waals surface area contributed by atoms with Gasteiger partial charge in [-0.15, -0.1) is 0 Å². The molecule has 0 saturated heterocycles. The quantitative estimate of drug-likeness (QED) is 0.656. The van der Waals surface area contributed by atoms with Gasteiger partial charge in [0.05, 0.1) is 5.76 Å². The lowest BCUT2D eigenvalue weighted by Crippen LogP contribution is -2.13. The van der Waals surface area contributed by atoms with Crippen LogP contribution < -0.4 is 10.6 Å². The second-order valence-electron chi connectivity index (χ2n) is 4.92. The molecule has 2 heteroatoms. The van der Waals surface area contributed by atoms with E-state index in [2.05, 4.69) is 54.6 Å². The number of rotatable bonds is 3. The van der Waals surface area contributed by atoms with E-state index in [1.54, 1.807) is 6.92 Å². The van der Waals surface area contributed by atoms with Crippen molar-refractivity contribution in [3.63, 3.8) is 0 Å². The van der Waals surface area contributed by atoms with Gasteiger partial charge in [-0.2, -0.15) is 0 Å². The lowest BCUT2D eigenvalue weighted by molar-refractivity contribution is 0.411. The molecule has 1 aliphatic rings. The Hall–Kier alpha value is -2.11. The Morgan fingerprint density at radius 1 is 0.857 bits per heavy atom. The predicted octanol–water partition coefficient (Wildman–Crippen LogP) is 4.41. The summed E-state index contributed by atoms with van der Waals surface area (Å²) < 4.78 is 0. The summed E-state index contributed by atoms with van der Waals surface area (Å²) in [5.74, 6) is 0.384. The Kier molecular flexibility index (Phi) is 4.03. The van der Waals surface area contributed by atoms with Gasteiger partial charge in [0.15, 0.2) is 0 Å². The van der Waals surface area contributed by atoms with E-state index in [0.29, 0.717) is 5.76 Å². The SMILES string of the molecule is C/C(O)=C1/C=CC=C1P(c1ccccc1)c1ccccc1. The Morgan fingerprint density at radius 3 is 1.86 bits per heavy atom. The van der Waals surface area contributed by atoms with Crippen LogP contribution in [0.3, 0.4) is 0 Å². The maximum Gasteiger partial charge on any atom is 0.0970 e. The van der Waals surface area contributed by atoms with E-state index in [9.17, 15) is 5.11 Å². The van der Waals surface area contributed by atoms with Gasteiger partial charge in [-0.25, -0.2) is 0 Å². The van der Waals surface area contributed by atoms with Crippen LogP contribution in [0.1, 0.15) is 6.92 Å². The van der Waals surface area contributed by atoms with Crippen LogP contribution >= 0.6 is 7.92 Å². The van der Waals surface area contributed by atoms with Crippen LogP contribution in [0, 0.1) is 0 Å². The van der Waals surface area contributed by atoms with E-state index >= 15 is 0 Å². The van der Waals surface area contributed by atoms with Gasteiger partial charge in [-0.1, -0.05) is 78.9 Å². The van der Waals surface area contributed by atoms with Gasteiger partial charge in [0, 0.05) is 5.57 Å². The van der Waals surface area contributed by atoms with Gasteiger partial charge in [0.2, 0.25) is 0 Å². The molecule has 2 aromatic carbocycles. The minimum atomic E-state index is -0.643. The largest absolute Gasteiger partial charge is 0.512 e. The third-order valence-electron chi connectivity index (χ3n) is 3.45. The number of allylic oxidation sites excluding steroid dienone is 6. The van der Waals surface area contributed by atoms with Crippen LogP contribution in [0.2, 0.25) is 0 Å². The van der Waals surface area contributed by atoms with E-state index in [1.807, 2.05) is 24.3 Å².